The maximum Gasteiger partial charge on any atom is 0.211 e. The van der Waals surface area contributed by atoms with Gasteiger partial charge >= 0.3 is 0 Å². The molecule has 1 saturated heterocycles. The van der Waals surface area contributed by atoms with E-state index in [1.165, 1.54) is 0 Å². The molecule has 9 nitrogen and oxygen atoms in total. The fraction of sp³-hybridized carbons (Fsp3) is 0.632. The summed E-state index contributed by atoms with van der Waals surface area (Å²) in [7, 11) is 1.85. The van der Waals surface area contributed by atoms with E-state index in [2.05, 4.69) is 25.2 Å². The van der Waals surface area contributed by atoms with Crippen LogP contribution in [0.2, 0.25) is 0 Å². The number of hydrogen-bond donors (Lipinski definition) is 3. The molecule has 1 aromatic rings. The summed E-state index contributed by atoms with van der Waals surface area (Å²) in [4.78, 5) is 6.60. The van der Waals surface area contributed by atoms with Gasteiger partial charge in [-0.15, -0.1) is 24.0 Å². The first-order valence-electron chi connectivity index (χ1n) is 9.78. The Morgan fingerprint density at radius 1 is 1.20 bits per heavy atom. The molecule has 1 aromatic carbocycles. The number of methoxy groups -OCH3 is 2. The molecule has 1 aliphatic heterocycles. The van der Waals surface area contributed by atoms with Gasteiger partial charge in [0.15, 0.2) is 5.96 Å². The van der Waals surface area contributed by atoms with Crippen molar-refractivity contribution >= 4 is 40.0 Å². The van der Waals surface area contributed by atoms with Gasteiger partial charge in [0.1, 0.15) is 11.5 Å². The Bertz CT molecular complexity index is 769. The molecule has 11 heteroatoms. The van der Waals surface area contributed by atoms with Gasteiger partial charge in [0.25, 0.3) is 0 Å². The zero-order valence-electron chi connectivity index (χ0n) is 18.1. The van der Waals surface area contributed by atoms with E-state index in [1.54, 1.807) is 28.2 Å². The summed E-state index contributed by atoms with van der Waals surface area (Å²) in [5.41, 5.74) is 1.15. The van der Waals surface area contributed by atoms with Gasteiger partial charge in [-0.1, -0.05) is 0 Å². The molecule has 1 heterocycles. The quantitative estimate of drug-likeness (QED) is 0.171. The van der Waals surface area contributed by atoms with Crippen LogP contribution in [0, 0.1) is 0 Å². The normalized spacial score (nSPS) is 17.3. The van der Waals surface area contributed by atoms with E-state index in [0.717, 1.165) is 43.1 Å². The summed E-state index contributed by atoms with van der Waals surface area (Å²) in [6.45, 7) is 5.09. The summed E-state index contributed by atoms with van der Waals surface area (Å²) < 4.78 is 36.1. The van der Waals surface area contributed by atoms with Gasteiger partial charge in [0.05, 0.1) is 20.0 Å². The molecule has 172 valence electrons. The van der Waals surface area contributed by atoms with Crippen LogP contribution in [0.1, 0.15) is 18.9 Å². The fourth-order valence-electron chi connectivity index (χ4n) is 3.19. The second-order valence-corrected chi connectivity index (χ2v) is 8.98. The van der Waals surface area contributed by atoms with Crippen molar-refractivity contribution in [3.05, 3.63) is 23.8 Å². The lowest BCUT2D eigenvalue weighted by molar-refractivity contribution is 0.321. The van der Waals surface area contributed by atoms with Gasteiger partial charge in [-0.05, 0) is 31.0 Å². The lowest BCUT2D eigenvalue weighted by atomic mass is 10.2. The Balaban J connectivity index is 0.00000450. The van der Waals surface area contributed by atoms with Crippen molar-refractivity contribution in [2.45, 2.75) is 25.9 Å². The third-order valence-electron chi connectivity index (χ3n) is 4.77. The number of ether oxygens (including phenoxy) is 2. The third kappa shape index (κ3) is 8.82. The lowest BCUT2D eigenvalue weighted by Crippen LogP contribution is -2.46. The maximum absolute atomic E-state index is 11.5. The van der Waals surface area contributed by atoms with E-state index in [1.807, 2.05) is 18.2 Å². The van der Waals surface area contributed by atoms with Crippen LogP contribution in [0.25, 0.3) is 0 Å². The Morgan fingerprint density at radius 3 is 2.43 bits per heavy atom. The van der Waals surface area contributed by atoms with Crippen LogP contribution < -0.4 is 24.8 Å². The number of nitrogens with one attached hydrogen (secondary N) is 3. The molecule has 1 atom stereocenters. The highest BCUT2D eigenvalue weighted by atomic mass is 127. The minimum atomic E-state index is -3.17. The zero-order valence-corrected chi connectivity index (χ0v) is 21.2. The van der Waals surface area contributed by atoms with Crippen LogP contribution in [0.3, 0.4) is 0 Å². The summed E-state index contributed by atoms with van der Waals surface area (Å²) in [6.07, 6.45) is 1.00. The van der Waals surface area contributed by atoms with Gasteiger partial charge in [-0.3, -0.25) is 9.89 Å². The molecule has 0 saturated carbocycles. The molecule has 0 aliphatic carbocycles. The van der Waals surface area contributed by atoms with Crippen molar-refractivity contribution in [3.63, 3.8) is 0 Å². The van der Waals surface area contributed by atoms with Crippen molar-refractivity contribution in [1.29, 1.82) is 0 Å². The highest BCUT2D eigenvalue weighted by Gasteiger charge is 2.23. The van der Waals surface area contributed by atoms with Crippen molar-refractivity contribution < 1.29 is 17.9 Å². The molecule has 1 unspecified atom stereocenters. The van der Waals surface area contributed by atoms with Crippen molar-refractivity contribution in [3.8, 4) is 11.5 Å². The highest BCUT2D eigenvalue weighted by Crippen LogP contribution is 2.24. The molecule has 0 spiro atoms. The van der Waals surface area contributed by atoms with E-state index >= 15 is 0 Å². The SMILES string of the molecule is CCS(=O)(=O)NCCNC(=NC)NC1CCN(Cc2cc(OC)cc(OC)c2)C1.I. The standard InChI is InChI=1S/C19H33N5O4S.HI/c1-5-29(25,26)22-8-7-21-19(20-2)23-16-6-9-24(14-16)13-15-10-17(27-3)12-18(11-15)28-4;/h10-12,16,22H,5-9,13-14H2,1-4H3,(H2,20,21,23);1H. The predicted octanol–water partition coefficient (Wildman–Crippen LogP) is 1.00. The van der Waals surface area contributed by atoms with Crippen LogP contribution in [0.4, 0.5) is 0 Å². The molecule has 0 radical (unpaired) electrons. The first-order valence-corrected chi connectivity index (χ1v) is 11.4. The Hall–Kier alpha value is -1.31. The van der Waals surface area contributed by atoms with Gasteiger partial charge in [-0.25, -0.2) is 13.1 Å². The van der Waals surface area contributed by atoms with Crippen LogP contribution in [-0.4, -0.2) is 78.5 Å². The van der Waals surface area contributed by atoms with Gasteiger partial charge in [0.2, 0.25) is 10.0 Å². The fourth-order valence-corrected chi connectivity index (χ4v) is 3.80. The average Bonchev–Trinajstić information content (AvgIpc) is 3.16. The number of hydrogen-bond acceptors (Lipinski definition) is 6. The zero-order chi connectivity index (χ0) is 21.3. The molecule has 3 N–H and O–H groups in total. The number of nitrogens with zero attached hydrogens (tertiary/aromatic N) is 2. The third-order valence-corrected chi connectivity index (χ3v) is 6.18. The topological polar surface area (TPSA) is 104 Å². The van der Waals surface area contributed by atoms with E-state index < -0.39 is 10.0 Å². The minimum absolute atomic E-state index is 0. The highest BCUT2D eigenvalue weighted by molar-refractivity contribution is 14.0. The molecule has 0 aromatic heterocycles. The van der Waals surface area contributed by atoms with Crippen LogP contribution in [-0.2, 0) is 16.6 Å². The number of halogens is 1. The first kappa shape index (κ1) is 26.7. The second kappa shape index (κ2) is 13.2. The van der Waals surface area contributed by atoms with Gasteiger partial charge < -0.3 is 20.1 Å². The summed E-state index contributed by atoms with van der Waals surface area (Å²) in [5.74, 6) is 2.33. The summed E-state index contributed by atoms with van der Waals surface area (Å²) in [5, 5.41) is 6.56. The number of aliphatic imine (C=N–C) groups is 1. The van der Waals surface area contributed by atoms with Crippen LogP contribution in [0.15, 0.2) is 23.2 Å². The molecular formula is C19H34IN5O4S. The monoisotopic (exact) mass is 555 g/mol. The first-order chi connectivity index (χ1) is 13.9. The Morgan fingerprint density at radius 2 is 1.87 bits per heavy atom. The molecule has 1 fully saturated rings. The van der Waals surface area contributed by atoms with E-state index in [0.29, 0.717) is 19.0 Å². The Kier molecular flexibility index (Phi) is 11.7. The molecule has 1 aliphatic rings. The molecule has 2 rings (SSSR count). The minimum Gasteiger partial charge on any atom is -0.497 e. The molecule has 30 heavy (non-hydrogen) atoms. The van der Waals surface area contributed by atoms with E-state index in [4.69, 9.17) is 9.47 Å². The smallest absolute Gasteiger partial charge is 0.211 e. The number of sulfonamides is 1. The molecular weight excluding hydrogens is 521 g/mol. The largest absolute Gasteiger partial charge is 0.497 e. The summed E-state index contributed by atoms with van der Waals surface area (Å²) in [6, 6.07) is 6.21. The molecule has 0 bridgehead atoms. The average molecular weight is 555 g/mol. The van der Waals surface area contributed by atoms with Crippen molar-refractivity contribution in [2.24, 2.45) is 4.99 Å². The number of likely N-dealkylation sites (tertiary alicyclic amines) is 1. The van der Waals surface area contributed by atoms with Crippen LogP contribution in [0.5, 0.6) is 11.5 Å². The van der Waals surface area contributed by atoms with Gasteiger partial charge in [-0.2, -0.15) is 0 Å². The Labute approximate surface area is 197 Å². The van der Waals surface area contributed by atoms with Crippen LogP contribution >= 0.6 is 24.0 Å². The van der Waals surface area contributed by atoms with E-state index in [9.17, 15) is 8.42 Å². The van der Waals surface area contributed by atoms with Crippen molar-refractivity contribution in [2.75, 3.05) is 53.2 Å². The predicted molar refractivity (Wildman–Crippen MR) is 131 cm³/mol. The summed E-state index contributed by atoms with van der Waals surface area (Å²) >= 11 is 0. The van der Waals surface area contributed by atoms with E-state index in [-0.39, 0.29) is 35.8 Å². The molecule has 0 amide bonds. The second-order valence-electron chi connectivity index (χ2n) is 6.88. The number of rotatable bonds is 10. The van der Waals surface area contributed by atoms with Gasteiger partial charge in [0, 0.05) is 51.9 Å². The van der Waals surface area contributed by atoms with Crippen molar-refractivity contribution in [1.82, 2.24) is 20.3 Å². The lowest BCUT2D eigenvalue weighted by Gasteiger charge is -2.19. The number of benzene rings is 1. The maximum atomic E-state index is 11.5. The number of guanidine groups is 1.